The van der Waals surface area contributed by atoms with Crippen molar-refractivity contribution in [1.82, 2.24) is 15.2 Å². The standard InChI is InChI=1S/C12H19F3N4/c1-19-10(6-7-17-19)11(18-16)8-2-4-9(5-3-8)12(13,14)15/h6-9,11,18H,2-5,16H2,1H3. The summed E-state index contributed by atoms with van der Waals surface area (Å²) in [5.41, 5.74) is 3.64. The lowest BCUT2D eigenvalue weighted by Crippen LogP contribution is -2.38. The first kappa shape index (κ1) is 14.3. The molecule has 1 aliphatic rings. The summed E-state index contributed by atoms with van der Waals surface area (Å²) in [4.78, 5) is 0. The number of rotatable bonds is 3. The van der Waals surface area contributed by atoms with Gasteiger partial charge in [0.1, 0.15) is 0 Å². The van der Waals surface area contributed by atoms with E-state index in [-0.39, 0.29) is 24.8 Å². The fraction of sp³-hybridized carbons (Fsp3) is 0.750. The summed E-state index contributed by atoms with van der Waals surface area (Å²) < 4.78 is 39.6. The largest absolute Gasteiger partial charge is 0.391 e. The van der Waals surface area contributed by atoms with Gasteiger partial charge in [-0.3, -0.25) is 16.0 Å². The van der Waals surface area contributed by atoms with Gasteiger partial charge in [-0.2, -0.15) is 18.3 Å². The maximum atomic E-state index is 12.6. The average Bonchev–Trinajstić information content (AvgIpc) is 2.76. The molecule has 0 bridgehead atoms. The van der Waals surface area contributed by atoms with Gasteiger partial charge in [-0.15, -0.1) is 0 Å². The van der Waals surface area contributed by atoms with Crippen molar-refractivity contribution in [3.63, 3.8) is 0 Å². The van der Waals surface area contributed by atoms with Crippen molar-refractivity contribution < 1.29 is 13.2 Å². The molecule has 0 radical (unpaired) electrons. The van der Waals surface area contributed by atoms with Crippen molar-refractivity contribution in [2.24, 2.45) is 24.7 Å². The molecule has 1 saturated carbocycles. The highest BCUT2D eigenvalue weighted by atomic mass is 19.4. The Morgan fingerprint density at radius 1 is 1.37 bits per heavy atom. The molecule has 1 unspecified atom stereocenters. The van der Waals surface area contributed by atoms with Crippen LogP contribution in [0.25, 0.3) is 0 Å². The van der Waals surface area contributed by atoms with Crippen LogP contribution in [0.15, 0.2) is 12.3 Å². The number of nitrogens with zero attached hydrogens (tertiary/aromatic N) is 2. The molecular formula is C12H19F3N4. The van der Waals surface area contributed by atoms with Crippen molar-refractivity contribution in [2.45, 2.75) is 37.9 Å². The van der Waals surface area contributed by atoms with Gasteiger partial charge in [0.2, 0.25) is 0 Å². The lowest BCUT2D eigenvalue weighted by Gasteiger charge is -2.34. The molecule has 0 aromatic carbocycles. The van der Waals surface area contributed by atoms with Gasteiger partial charge in [0, 0.05) is 13.2 Å². The molecule has 0 saturated heterocycles. The zero-order valence-electron chi connectivity index (χ0n) is 10.8. The molecule has 4 nitrogen and oxygen atoms in total. The van der Waals surface area contributed by atoms with Crippen LogP contribution < -0.4 is 11.3 Å². The summed E-state index contributed by atoms with van der Waals surface area (Å²) in [6, 6.07) is 1.71. The van der Waals surface area contributed by atoms with Crippen molar-refractivity contribution in [3.8, 4) is 0 Å². The zero-order valence-corrected chi connectivity index (χ0v) is 10.8. The lowest BCUT2D eigenvalue weighted by atomic mass is 9.77. The molecule has 0 aliphatic heterocycles. The Morgan fingerprint density at radius 2 is 2.00 bits per heavy atom. The normalized spacial score (nSPS) is 26.4. The van der Waals surface area contributed by atoms with Gasteiger partial charge in [-0.25, -0.2) is 0 Å². The first-order valence-electron chi connectivity index (χ1n) is 6.44. The van der Waals surface area contributed by atoms with Crippen molar-refractivity contribution in [1.29, 1.82) is 0 Å². The van der Waals surface area contributed by atoms with E-state index in [0.717, 1.165) is 5.69 Å². The molecule has 108 valence electrons. The number of nitrogens with two attached hydrogens (primary N) is 1. The van der Waals surface area contributed by atoms with E-state index in [1.807, 2.05) is 6.07 Å². The molecule has 7 heteroatoms. The highest BCUT2D eigenvalue weighted by molar-refractivity contribution is 5.08. The van der Waals surface area contributed by atoms with Crippen LogP contribution in [0.3, 0.4) is 0 Å². The van der Waals surface area contributed by atoms with E-state index in [9.17, 15) is 13.2 Å². The minimum atomic E-state index is -4.07. The summed E-state index contributed by atoms with van der Waals surface area (Å²) in [5, 5.41) is 4.08. The summed E-state index contributed by atoms with van der Waals surface area (Å²) in [6.45, 7) is 0. The SMILES string of the molecule is Cn1nccc1C(NN)C1CCC(C(F)(F)F)CC1. The topological polar surface area (TPSA) is 55.9 Å². The molecule has 19 heavy (non-hydrogen) atoms. The van der Waals surface area contributed by atoms with Gasteiger partial charge in [-0.05, 0) is 37.7 Å². The summed E-state index contributed by atoms with van der Waals surface area (Å²) in [5.74, 6) is 4.54. The van der Waals surface area contributed by atoms with Crippen LogP contribution in [0.5, 0.6) is 0 Å². The van der Waals surface area contributed by atoms with Crippen LogP contribution in [0.2, 0.25) is 0 Å². The van der Waals surface area contributed by atoms with E-state index >= 15 is 0 Å². The molecule has 0 spiro atoms. The van der Waals surface area contributed by atoms with E-state index in [2.05, 4.69) is 10.5 Å². The molecule has 3 N–H and O–H groups in total. The number of hydrazine groups is 1. The van der Waals surface area contributed by atoms with Gasteiger partial charge >= 0.3 is 6.18 Å². The van der Waals surface area contributed by atoms with Gasteiger partial charge in [0.25, 0.3) is 0 Å². The number of alkyl halides is 3. The Hall–Kier alpha value is -1.08. The molecule has 2 rings (SSSR count). The van der Waals surface area contributed by atoms with Crippen LogP contribution >= 0.6 is 0 Å². The highest BCUT2D eigenvalue weighted by Gasteiger charge is 2.42. The first-order valence-corrected chi connectivity index (χ1v) is 6.44. The molecular weight excluding hydrogens is 257 g/mol. The Balaban J connectivity index is 2.02. The summed E-state index contributed by atoms with van der Waals surface area (Å²) in [6.07, 6.45) is -0.965. The van der Waals surface area contributed by atoms with Gasteiger partial charge in [0.05, 0.1) is 17.7 Å². The Bertz CT molecular complexity index is 407. The Morgan fingerprint density at radius 3 is 2.42 bits per heavy atom. The zero-order chi connectivity index (χ0) is 14.0. The second-order valence-electron chi connectivity index (χ2n) is 5.18. The van der Waals surface area contributed by atoms with Crippen LogP contribution in [0.1, 0.15) is 37.4 Å². The monoisotopic (exact) mass is 276 g/mol. The molecule has 1 atom stereocenters. The smallest absolute Gasteiger partial charge is 0.271 e. The van der Waals surface area contributed by atoms with E-state index in [1.54, 1.807) is 17.9 Å². The molecule has 1 aromatic heterocycles. The number of hydrogen-bond donors (Lipinski definition) is 2. The third-order valence-electron chi connectivity index (χ3n) is 4.06. The number of aromatic nitrogens is 2. The fourth-order valence-electron chi connectivity index (χ4n) is 2.93. The Labute approximate surface area is 110 Å². The minimum absolute atomic E-state index is 0.124. The van der Waals surface area contributed by atoms with Crippen molar-refractivity contribution in [2.75, 3.05) is 0 Å². The molecule has 1 heterocycles. The van der Waals surface area contributed by atoms with Gasteiger partial charge < -0.3 is 0 Å². The molecule has 1 fully saturated rings. The van der Waals surface area contributed by atoms with Crippen LogP contribution in [0.4, 0.5) is 13.2 Å². The number of aryl methyl sites for hydroxylation is 1. The summed E-state index contributed by atoms with van der Waals surface area (Å²) in [7, 11) is 1.81. The Kier molecular flexibility index (Phi) is 4.15. The number of halogens is 3. The van der Waals surface area contributed by atoms with Gasteiger partial charge in [-0.1, -0.05) is 0 Å². The van der Waals surface area contributed by atoms with Crippen LogP contribution in [-0.2, 0) is 7.05 Å². The third-order valence-corrected chi connectivity index (χ3v) is 4.06. The van der Waals surface area contributed by atoms with Crippen molar-refractivity contribution in [3.05, 3.63) is 18.0 Å². The second kappa shape index (κ2) is 5.50. The average molecular weight is 276 g/mol. The van der Waals surface area contributed by atoms with E-state index < -0.39 is 12.1 Å². The maximum Gasteiger partial charge on any atom is 0.391 e. The number of hydrogen-bond acceptors (Lipinski definition) is 3. The quantitative estimate of drug-likeness (QED) is 0.658. The summed E-state index contributed by atoms with van der Waals surface area (Å²) >= 11 is 0. The minimum Gasteiger partial charge on any atom is -0.271 e. The van der Waals surface area contributed by atoms with Crippen molar-refractivity contribution >= 4 is 0 Å². The number of nitrogens with one attached hydrogen (secondary N) is 1. The van der Waals surface area contributed by atoms with E-state index in [4.69, 9.17) is 5.84 Å². The molecule has 1 aliphatic carbocycles. The van der Waals surface area contributed by atoms with Crippen LogP contribution in [-0.4, -0.2) is 16.0 Å². The molecule has 0 amide bonds. The third kappa shape index (κ3) is 3.09. The molecule has 1 aromatic rings. The fourth-order valence-corrected chi connectivity index (χ4v) is 2.93. The van der Waals surface area contributed by atoms with E-state index in [0.29, 0.717) is 12.8 Å². The van der Waals surface area contributed by atoms with Crippen LogP contribution in [0, 0.1) is 11.8 Å². The second-order valence-corrected chi connectivity index (χ2v) is 5.18. The lowest BCUT2D eigenvalue weighted by molar-refractivity contribution is -0.184. The maximum absolute atomic E-state index is 12.6. The van der Waals surface area contributed by atoms with Gasteiger partial charge in [0.15, 0.2) is 0 Å². The predicted molar refractivity (Wildman–Crippen MR) is 64.8 cm³/mol. The predicted octanol–water partition coefficient (Wildman–Crippen LogP) is 2.29. The highest BCUT2D eigenvalue weighted by Crippen LogP contribution is 2.42. The van der Waals surface area contributed by atoms with E-state index in [1.165, 1.54) is 0 Å². The first-order chi connectivity index (χ1) is 8.93.